The molecule has 0 saturated carbocycles. The normalized spacial score (nSPS) is 10.1. The molecule has 0 aromatic carbocycles. The molecule has 0 aromatic heterocycles. The summed E-state index contributed by atoms with van der Waals surface area (Å²) in [6.07, 6.45) is 6.15. The summed E-state index contributed by atoms with van der Waals surface area (Å²) in [7, 11) is 1.81. The summed E-state index contributed by atoms with van der Waals surface area (Å²) in [6, 6.07) is 0. The van der Waals surface area contributed by atoms with Gasteiger partial charge in [0, 0.05) is 13.6 Å². The van der Waals surface area contributed by atoms with Crippen molar-refractivity contribution < 1.29 is 4.79 Å². The molecule has 0 aliphatic heterocycles. The zero-order valence-electron chi connectivity index (χ0n) is 8.68. The molecule has 1 amide bonds. The van der Waals surface area contributed by atoms with Gasteiger partial charge >= 0.3 is 0 Å². The van der Waals surface area contributed by atoms with Gasteiger partial charge in [-0.3, -0.25) is 4.79 Å². The number of alkyl halides is 1. The fourth-order valence-electron chi connectivity index (χ4n) is 1.18. The van der Waals surface area contributed by atoms with Crippen LogP contribution in [0, 0.1) is 0 Å². The fraction of sp³-hybridized carbons (Fsp3) is 0.900. The minimum atomic E-state index is 0.0251. The van der Waals surface area contributed by atoms with E-state index in [4.69, 9.17) is 11.6 Å². The first-order valence-corrected chi connectivity index (χ1v) is 5.55. The molecule has 0 unspecified atom stereocenters. The summed E-state index contributed by atoms with van der Waals surface area (Å²) in [6.45, 7) is 3.04. The zero-order chi connectivity index (χ0) is 10.1. The monoisotopic (exact) mass is 205 g/mol. The number of hydrogen-bond acceptors (Lipinski definition) is 1. The van der Waals surface area contributed by atoms with Crippen LogP contribution in [-0.2, 0) is 4.79 Å². The number of unbranched alkanes of at least 4 members (excludes halogenated alkanes) is 4. The predicted molar refractivity (Wildman–Crippen MR) is 57.1 cm³/mol. The van der Waals surface area contributed by atoms with E-state index >= 15 is 0 Å². The summed E-state index contributed by atoms with van der Waals surface area (Å²) < 4.78 is 0. The van der Waals surface area contributed by atoms with Gasteiger partial charge in [0.2, 0.25) is 5.91 Å². The third-order valence-corrected chi connectivity index (χ3v) is 2.37. The van der Waals surface area contributed by atoms with Crippen molar-refractivity contribution in [1.29, 1.82) is 0 Å². The van der Waals surface area contributed by atoms with Gasteiger partial charge in [-0.1, -0.05) is 32.6 Å². The summed E-state index contributed by atoms with van der Waals surface area (Å²) in [5, 5.41) is 0. The second kappa shape index (κ2) is 8.36. The van der Waals surface area contributed by atoms with Crippen LogP contribution < -0.4 is 0 Å². The smallest absolute Gasteiger partial charge is 0.237 e. The first-order valence-electron chi connectivity index (χ1n) is 5.02. The molecule has 0 spiro atoms. The van der Waals surface area contributed by atoms with Gasteiger partial charge in [-0.25, -0.2) is 0 Å². The van der Waals surface area contributed by atoms with E-state index in [2.05, 4.69) is 6.92 Å². The van der Waals surface area contributed by atoms with Crippen molar-refractivity contribution in [2.45, 2.75) is 39.0 Å². The quantitative estimate of drug-likeness (QED) is 0.462. The van der Waals surface area contributed by atoms with Gasteiger partial charge in [-0.2, -0.15) is 0 Å². The molecule has 0 heterocycles. The molecule has 0 aliphatic carbocycles. The van der Waals surface area contributed by atoms with E-state index in [0.717, 1.165) is 13.0 Å². The lowest BCUT2D eigenvalue weighted by Crippen LogP contribution is -2.28. The first kappa shape index (κ1) is 12.8. The lowest BCUT2D eigenvalue weighted by molar-refractivity contribution is -0.127. The third kappa shape index (κ3) is 6.88. The van der Waals surface area contributed by atoms with Crippen LogP contribution in [0.25, 0.3) is 0 Å². The molecular formula is C10H20ClNO. The minimum absolute atomic E-state index is 0.0251. The molecule has 13 heavy (non-hydrogen) atoms. The number of amides is 1. The Morgan fingerprint density at radius 1 is 1.23 bits per heavy atom. The van der Waals surface area contributed by atoms with Crippen LogP contribution in [0.2, 0.25) is 0 Å². The Bertz CT molecular complexity index is 139. The Balaban J connectivity index is 3.26. The maximum absolute atomic E-state index is 11.0. The topological polar surface area (TPSA) is 20.3 Å². The van der Waals surface area contributed by atoms with Gasteiger partial charge in [-0.15, -0.1) is 11.6 Å². The van der Waals surface area contributed by atoms with Gasteiger partial charge < -0.3 is 4.90 Å². The van der Waals surface area contributed by atoms with Crippen LogP contribution in [0.1, 0.15) is 39.0 Å². The zero-order valence-corrected chi connectivity index (χ0v) is 9.44. The highest BCUT2D eigenvalue weighted by Gasteiger charge is 2.04. The standard InChI is InChI=1S/C10H20ClNO/c1-3-4-5-6-7-8-12(2)10(13)9-11/h3-9H2,1-2H3. The van der Waals surface area contributed by atoms with E-state index in [1.165, 1.54) is 25.7 Å². The summed E-state index contributed by atoms with van der Waals surface area (Å²) in [4.78, 5) is 12.7. The molecule has 0 rings (SSSR count). The van der Waals surface area contributed by atoms with Gasteiger partial charge in [0.1, 0.15) is 5.88 Å². The van der Waals surface area contributed by atoms with Crippen LogP contribution in [0.15, 0.2) is 0 Å². The molecule has 0 aromatic rings. The van der Waals surface area contributed by atoms with Crippen LogP contribution in [0.5, 0.6) is 0 Å². The average molecular weight is 206 g/mol. The molecule has 3 heteroatoms. The van der Waals surface area contributed by atoms with Crippen molar-refractivity contribution in [3.05, 3.63) is 0 Å². The number of rotatable bonds is 7. The van der Waals surface area contributed by atoms with Gasteiger partial charge in [0.25, 0.3) is 0 Å². The molecular weight excluding hydrogens is 186 g/mol. The number of nitrogens with zero attached hydrogens (tertiary/aromatic N) is 1. The minimum Gasteiger partial charge on any atom is -0.345 e. The van der Waals surface area contributed by atoms with E-state index in [-0.39, 0.29) is 11.8 Å². The van der Waals surface area contributed by atoms with Crippen molar-refractivity contribution in [2.75, 3.05) is 19.5 Å². The molecule has 0 atom stereocenters. The molecule has 0 radical (unpaired) electrons. The summed E-state index contributed by atoms with van der Waals surface area (Å²) in [5.41, 5.74) is 0. The van der Waals surface area contributed by atoms with E-state index in [1.807, 2.05) is 7.05 Å². The van der Waals surface area contributed by atoms with Crippen LogP contribution >= 0.6 is 11.6 Å². The van der Waals surface area contributed by atoms with Gasteiger partial charge in [0.15, 0.2) is 0 Å². The molecule has 0 N–H and O–H groups in total. The first-order chi connectivity index (χ1) is 6.22. The van der Waals surface area contributed by atoms with Crippen molar-refractivity contribution in [3.8, 4) is 0 Å². The molecule has 78 valence electrons. The maximum Gasteiger partial charge on any atom is 0.237 e. The Morgan fingerprint density at radius 2 is 1.85 bits per heavy atom. The second-order valence-corrected chi connectivity index (χ2v) is 3.63. The highest BCUT2D eigenvalue weighted by atomic mass is 35.5. The highest BCUT2D eigenvalue weighted by molar-refractivity contribution is 6.27. The second-order valence-electron chi connectivity index (χ2n) is 3.36. The third-order valence-electron chi connectivity index (χ3n) is 2.14. The predicted octanol–water partition coefficient (Wildman–Crippen LogP) is 2.65. The number of halogens is 1. The fourth-order valence-corrected chi connectivity index (χ4v) is 1.38. The molecule has 0 aliphatic rings. The van der Waals surface area contributed by atoms with Gasteiger partial charge in [-0.05, 0) is 6.42 Å². The maximum atomic E-state index is 11.0. The Labute approximate surface area is 86.2 Å². The Hall–Kier alpha value is -0.240. The van der Waals surface area contributed by atoms with Crippen molar-refractivity contribution in [3.63, 3.8) is 0 Å². The van der Waals surface area contributed by atoms with E-state index in [1.54, 1.807) is 4.90 Å². The Kier molecular flexibility index (Phi) is 8.21. The van der Waals surface area contributed by atoms with Crippen molar-refractivity contribution in [1.82, 2.24) is 4.90 Å². The SMILES string of the molecule is CCCCCCCN(C)C(=O)CCl. The van der Waals surface area contributed by atoms with E-state index < -0.39 is 0 Å². The van der Waals surface area contributed by atoms with Crippen molar-refractivity contribution in [2.24, 2.45) is 0 Å². The molecule has 2 nitrogen and oxygen atoms in total. The van der Waals surface area contributed by atoms with Crippen LogP contribution in [0.4, 0.5) is 0 Å². The summed E-state index contributed by atoms with van der Waals surface area (Å²) in [5.74, 6) is 0.128. The number of carbonyl (C=O) groups excluding carboxylic acids is 1. The lowest BCUT2D eigenvalue weighted by atomic mass is 10.1. The lowest BCUT2D eigenvalue weighted by Gasteiger charge is -2.15. The average Bonchev–Trinajstić information content (AvgIpc) is 2.16. The molecule has 0 bridgehead atoms. The van der Waals surface area contributed by atoms with Crippen LogP contribution in [-0.4, -0.2) is 30.3 Å². The number of carbonyl (C=O) groups is 1. The summed E-state index contributed by atoms with van der Waals surface area (Å²) >= 11 is 5.42. The molecule has 0 fully saturated rings. The van der Waals surface area contributed by atoms with E-state index in [0.29, 0.717) is 0 Å². The van der Waals surface area contributed by atoms with Gasteiger partial charge in [0.05, 0.1) is 0 Å². The Morgan fingerprint density at radius 3 is 2.38 bits per heavy atom. The van der Waals surface area contributed by atoms with Crippen molar-refractivity contribution >= 4 is 17.5 Å². The van der Waals surface area contributed by atoms with Crippen LogP contribution in [0.3, 0.4) is 0 Å². The largest absolute Gasteiger partial charge is 0.345 e. The van der Waals surface area contributed by atoms with E-state index in [9.17, 15) is 4.79 Å². The number of hydrogen-bond donors (Lipinski definition) is 0. The highest BCUT2D eigenvalue weighted by Crippen LogP contribution is 2.03. The molecule has 0 saturated heterocycles.